The zero-order valence-electron chi connectivity index (χ0n) is 25.7. The van der Waals surface area contributed by atoms with Gasteiger partial charge in [0.15, 0.2) is 5.78 Å². The summed E-state index contributed by atoms with van der Waals surface area (Å²) in [6.45, 7) is 6.81. The molecule has 0 heterocycles. The molecular weight excluding hydrogens is 583 g/mol. The van der Waals surface area contributed by atoms with Crippen molar-refractivity contribution in [3.63, 3.8) is 0 Å². The maximum Gasteiger partial charge on any atom is 0.456 e. The molecule has 1 aromatic rings. The van der Waals surface area contributed by atoms with Gasteiger partial charge in [0.1, 0.15) is 17.8 Å². The highest BCUT2D eigenvalue weighted by Gasteiger charge is 2.79. The van der Waals surface area contributed by atoms with Crippen molar-refractivity contribution in [3.05, 3.63) is 58.2 Å². The predicted molar refractivity (Wildman–Crippen MR) is 153 cm³/mol. The number of ether oxygens (including phenoxy) is 2. The number of fused-ring (bicyclic) bond motifs is 4. The van der Waals surface area contributed by atoms with E-state index >= 15 is 8.78 Å². The Balaban J connectivity index is 1.44. The average molecular weight is 625 g/mol. The molecule has 4 aliphatic carbocycles. The minimum atomic E-state index is -5.88. The van der Waals surface area contributed by atoms with Crippen molar-refractivity contribution in [2.45, 2.75) is 108 Å². The first-order valence-electron chi connectivity index (χ1n) is 15.4. The molecule has 0 spiro atoms. The van der Waals surface area contributed by atoms with Gasteiger partial charge in [-0.25, -0.2) is 4.79 Å². The summed E-state index contributed by atoms with van der Waals surface area (Å²) in [5, 5.41) is 11.4. The Morgan fingerprint density at radius 2 is 1.70 bits per heavy atom. The Kier molecular flexibility index (Phi) is 8.45. The van der Waals surface area contributed by atoms with Crippen LogP contribution in [0.4, 0.5) is 22.0 Å². The Labute approximate surface area is 254 Å². The van der Waals surface area contributed by atoms with Gasteiger partial charge in [-0.3, -0.25) is 4.79 Å². The second-order valence-corrected chi connectivity index (χ2v) is 14.1. The Morgan fingerprint density at radius 1 is 1.02 bits per heavy atom. The standard InChI is InChI=1S/C34H41F5O5/c1-30(2,3)44-28(41)19-43-16-14-20-5-7-21(8-6-20)26-18-31(4)27(13-15-32(31,42)33(35,36)34(37,38)39)25-11-9-22-17-23(40)10-12-24(22)29(25)26/h5-8,17,25-27,42H,9-16,18-19H2,1-4H3/t25?,26-,27?,31+,32+/m1/s1. The smallest absolute Gasteiger partial charge is 0.456 e. The maximum atomic E-state index is 15.2. The molecule has 1 aromatic carbocycles. The first kappa shape index (κ1) is 32.8. The number of rotatable bonds is 7. The maximum absolute atomic E-state index is 15.2. The van der Waals surface area contributed by atoms with E-state index in [4.69, 9.17) is 9.47 Å². The van der Waals surface area contributed by atoms with Crippen LogP contribution in [-0.4, -0.2) is 53.4 Å². The number of esters is 1. The number of benzene rings is 1. The van der Waals surface area contributed by atoms with Crippen molar-refractivity contribution >= 4 is 11.8 Å². The van der Waals surface area contributed by atoms with Crippen LogP contribution >= 0.6 is 0 Å². The molecule has 0 aromatic heterocycles. The van der Waals surface area contributed by atoms with Crippen LogP contribution in [0.1, 0.15) is 89.7 Å². The summed E-state index contributed by atoms with van der Waals surface area (Å²) in [4.78, 5) is 24.1. The van der Waals surface area contributed by atoms with Crippen molar-refractivity contribution in [2.75, 3.05) is 13.2 Å². The van der Waals surface area contributed by atoms with Crippen molar-refractivity contribution in [1.82, 2.24) is 0 Å². The number of hydrogen-bond donors (Lipinski definition) is 1. The van der Waals surface area contributed by atoms with E-state index < -0.39 is 52.9 Å². The van der Waals surface area contributed by atoms with Crippen LogP contribution < -0.4 is 0 Å². The van der Waals surface area contributed by atoms with Gasteiger partial charge >= 0.3 is 18.1 Å². The number of hydrogen-bond acceptors (Lipinski definition) is 5. The molecule has 2 fully saturated rings. The van der Waals surface area contributed by atoms with E-state index in [2.05, 4.69) is 0 Å². The summed E-state index contributed by atoms with van der Waals surface area (Å²) in [6.07, 6.45) is -2.38. The van der Waals surface area contributed by atoms with E-state index in [1.54, 1.807) is 26.8 Å². The van der Waals surface area contributed by atoms with Gasteiger partial charge in [0.05, 0.1) is 6.61 Å². The minimum absolute atomic E-state index is 0.0401. The highest BCUT2D eigenvalue weighted by atomic mass is 19.4. The normalized spacial score (nSPS) is 30.8. The van der Waals surface area contributed by atoms with E-state index in [9.17, 15) is 27.9 Å². The molecule has 5 nitrogen and oxygen atoms in total. The Bertz CT molecular complexity index is 1360. The summed E-state index contributed by atoms with van der Waals surface area (Å²) in [5.74, 6) is -6.98. The zero-order valence-corrected chi connectivity index (χ0v) is 25.7. The molecule has 0 aliphatic heterocycles. The van der Waals surface area contributed by atoms with Gasteiger partial charge in [-0.05, 0) is 106 Å². The fourth-order valence-electron chi connectivity index (χ4n) is 8.35. The molecule has 0 bridgehead atoms. The van der Waals surface area contributed by atoms with Gasteiger partial charge in [0.2, 0.25) is 0 Å². The van der Waals surface area contributed by atoms with Crippen LogP contribution in [0, 0.1) is 17.3 Å². The SMILES string of the molecule is CC(C)(C)OC(=O)COCCc1ccc([C@H]2C[C@@]3(C)C(CC[C@@]3(O)C(F)(F)C(F)(F)F)C3CCC4=CC(=O)CCC4=C32)cc1. The van der Waals surface area contributed by atoms with E-state index in [0.717, 1.165) is 27.8 Å². The van der Waals surface area contributed by atoms with E-state index in [-0.39, 0.29) is 37.8 Å². The van der Waals surface area contributed by atoms with Crippen molar-refractivity contribution in [2.24, 2.45) is 17.3 Å². The first-order chi connectivity index (χ1) is 20.4. The Morgan fingerprint density at radius 3 is 2.34 bits per heavy atom. The van der Waals surface area contributed by atoms with Crippen molar-refractivity contribution in [3.8, 4) is 0 Å². The molecule has 2 unspecified atom stereocenters. The van der Waals surface area contributed by atoms with Crippen LogP contribution in [0.3, 0.4) is 0 Å². The molecular formula is C34H41F5O5. The molecule has 5 atom stereocenters. The highest BCUT2D eigenvalue weighted by molar-refractivity contribution is 5.93. The number of ketones is 1. The fraction of sp³-hybridized carbons (Fsp3) is 0.647. The van der Waals surface area contributed by atoms with E-state index in [1.165, 1.54) is 6.92 Å². The van der Waals surface area contributed by atoms with Crippen LogP contribution in [0.15, 0.2) is 47.1 Å². The summed E-state index contributed by atoms with van der Waals surface area (Å²) < 4.78 is 82.3. The summed E-state index contributed by atoms with van der Waals surface area (Å²) >= 11 is 0. The number of alkyl halides is 5. The molecule has 2 saturated carbocycles. The lowest BCUT2D eigenvalue weighted by atomic mass is 9.50. The van der Waals surface area contributed by atoms with E-state index in [1.807, 2.05) is 24.3 Å². The molecule has 0 saturated heterocycles. The fourth-order valence-corrected chi connectivity index (χ4v) is 8.35. The second kappa shape index (κ2) is 11.3. The molecule has 4 aliphatic rings. The third-order valence-electron chi connectivity index (χ3n) is 10.3. The van der Waals surface area contributed by atoms with Crippen LogP contribution in [0.25, 0.3) is 0 Å². The predicted octanol–water partition coefficient (Wildman–Crippen LogP) is 7.42. The molecule has 44 heavy (non-hydrogen) atoms. The number of carbonyl (C=O) groups is 2. The van der Waals surface area contributed by atoms with Gasteiger partial charge in [-0.2, -0.15) is 22.0 Å². The van der Waals surface area contributed by atoms with Gasteiger partial charge in [0.25, 0.3) is 0 Å². The molecule has 0 amide bonds. The lowest BCUT2D eigenvalue weighted by Crippen LogP contribution is -2.65. The summed E-state index contributed by atoms with van der Waals surface area (Å²) in [6, 6.07) is 7.47. The third kappa shape index (κ3) is 5.65. The number of aliphatic hydroxyl groups is 1. The number of allylic oxidation sites excluding steroid dienone is 4. The topological polar surface area (TPSA) is 72.8 Å². The van der Waals surface area contributed by atoms with Crippen molar-refractivity contribution in [1.29, 1.82) is 0 Å². The molecule has 1 N–H and O–H groups in total. The third-order valence-corrected chi connectivity index (χ3v) is 10.3. The largest absolute Gasteiger partial charge is 0.458 e. The summed E-state index contributed by atoms with van der Waals surface area (Å²) in [7, 11) is 0. The molecule has 0 radical (unpaired) electrons. The van der Waals surface area contributed by atoms with Crippen molar-refractivity contribution < 1.29 is 46.1 Å². The van der Waals surface area contributed by atoms with Gasteiger partial charge < -0.3 is 14.6 Å². The van der Waals surface area contributed by atoms with Gasteiger partial charge in [-0.1, -0.05) is 36.8 Å². The average Bonchev–Trinajstić information content (AvgIpc) is 3.20. The van der Waals surface area contributed by atoms with Crippen LogP contribution in [0.2, 0.25) is 0 Å². The molecule has 242 valence electrons. The monoisotopic (exact) mass is 624 g/mol. The second-order valence-electron chi connectivity index (χ2n) is 14.1. The first-order valence-corrected chi connectivity index (χ1v) is 15.4. The highest BCUT2D eigenvalue weighted by Crippen LogP contribution is 2.70. The van der Waals surface area contributed by atoms with Gasteiger partial charge in [-0.15, -0.1) is 0 Å². The summed E-state index contributed by atoms with van der Waals surface area (Å²) in [5.41, 5.74) is -0.850. The molecule has 10 heteroatoms. The van der Waals surface area contributed by atoms with Crippen LogP contribution in [-0.2, 0) is 25.5 Å². The van der Waals surface area contributed by atoms with Crippen LogP contribution in [0.5, 0.6) is 0 Å². The number of carbonyl (C=O) groups excluding carboxylic acids is 2. The quantitative estimate of drug-likeness (QED) is 0.194. The lowest BCUT2D eigenvalue weighted by molar-refractivity contribution is -0.362. The number of halogens is 5. The lowest BCUT2D eigenvalue weighted by Gasteiger charge is -2.56. The molecule has 5 rings (SSSR count). The Hall–Kier alpha value is -2.59. The van der Waals surface area contributed by atoms with Gasteiger partial charge in [0, 0.05) is 17.8 Å². The van der Waals surface area contributed by atoms with E-state index in [0.29, 0.717) is 32.1 Å². The zero-order chi connectivity index (χ0) is 32.3. The minimum Gasteiger partial charge on any atom is -0.458 e.